The van der Waals surface area contributed by atoms with Gasteiger partial charge in [0, 0.05) is 11.3 Å². The number of amides is 1. The van der Waals surface area contributed by atoms with Gasteiger partial charge in [0.05, 0.1) is 22.3 Å². The number of carbonyl (C=O) groups excluding carboxylic acids is 3. The molecule has 0 saturated carbocycles. The second-order valence-electron chi connectivity index (χ2n) is 7.66. The van der Waals surface area contributed by atoms with Crippen molar-refractivity contribution in [2.45, 2.75) is 19.3 Å². The van der Waals surface area contributed by atoms with E-state index in [2.05, 4.69) is 5.32 Å². The van der Waals surface area contributed by atoms with Crippen LogP contribution in [0, 0.1) is 6.92 Å². The van der Waals surface area contributed by atoms with Crippen molar-refractivity contribution in [1.29, 1.82) is 0 Å². The lowest BCUT2D eigenvalue weighted by molar-refractivity contribution is -0.143. The van der Waals surface area contributed by atoms with Crippen LogP contribution in [0.5, 0.6) is 0 Å². The van der Waals surface area contributed by atoms with Gasteiger partial charge in [-0.25, -0.2) is 4.79 Å². The fourth-order valence-electron chi connectivity index (χ4n) is 3.11. The molecule has 1 N–H and O–H groups in total. The molecule has 5 nitrogen and oxygen atoms in total. The Bertz CT molecular complexity index is 1300. The van der Waals surface area contributed by atoms with Gasteiger partial charge < -0.3 is 10.1 Å². The van der Waals surface area contributed by atoms with Crippen LogP contribution in [0.25, 0.3) is 0 Å². The largest absolute Gasteiger partial charge is 0.454 e. The van der Waals surface area contributed by atoms with E-state index in [-0.39, 0.29) is 17.3 Å². The molecule has 1 amide bonds. The molecule has 36 heavy (non-hydrogen) atoms. The standard InChI is InChI=1S/C25H17F6NO4/c1-14-5-7-15(8-6-14)21(33)13-36-23(35)16-3-2-4-18(11-16)32-22(34)19-10-9-17(24(26,27)28)12-20(19)25(29,30)31/h2-12H,13H2,1H3,(H,32,34). The van der Waals surface area contributed by atoms with Gasteiger partial charge in [0.15, 0.2) is 12.4 Å². The Morgan fingerprint density at radius 2 is 1.47 bits per heavy atom. The lowest BCUT2D eigenvalue weighted by Gasteiger charge is -2.16. The lowest BCUT2D eigenvalue weighted by atomic mass is 10.0. The van der Waals surface area contributed by atoms with Crippen molar-refractivity contribution in [3.8, 4) is 0 Å². The summed E-state index contributed by atoms with van der Waals surface area (Å²) in [5.41, 5.74) is -3.34. The van der Waals surface area contributed by atoms with Gasteiger partial charge in [-0.15, -0.1) is 0 Å². The van der Waals surface area contributed by atoms with E-state index in [4.69, 9.17) is 4.74 Å². The number of aryl methyl sites for hydroxylation is 1. The molecule has 0 fully saturated rings. The van der Waals surface area contributed by atoms with Gasteiger partial charge in [0.25, 0.3) is 5.91 Å². The van der Waals surface area contributed by atoms with Crippen LogP contribution in [0.1, 0.15) is 47.8 Å². The highest BCUT2D eigenvalue weighted by atomic mass is 19.4. The molecule has 0 spiro atoms. The number of benzene rings is 3. The maximum absolute atomic E-state index is 13.3. The third kappa shape index (κ3) is 6.49. The van der Waals surface area contributed by atoms with Gasteiger partial charge in [-0.1, -0.05) is 35.9 Å². The summed E-state index contributed by atoms with van der Waals surface area (Å²) in [7, 11) is 0. The highest BCUT2D eigenvalue weighted by Crippen LogP contribution is 2.37. The zero-order chi connectivity index (χ0) is 26.7. The van der Waals surface area contributed by atoms with E-state index >= 15 is 0 Å². The van der Waals surface area contributed by atoms with Crippen molar-refractivity contribution in [3.05, 3.63) is 100 Å². The van der Waals surface area contributed by atoms with Crippen molar-refractivity contribution < 1.29 is 45.5 Å². The second-order valence-corrected chi connectivity index (χ2v) is 7.66. The first-order chi connectivity index (χ1) is 16.8. The third-order valence-electron chi connectivity index (χ3n) is 4.96. The highest BCUT2D eigenvalue weighted by molar-refractivity contribution is 6.06. The number of ketones is 1. The van der Waals surface area contributed by atoms with Crippen LogP contribution in [-0.4, -0.2) is 24.3 Å². The molecule has 11 heteroatoms. The summed E-state index contributed by atoms with van der Waals surface area (Å²) >= 11 is 0. The Kier molecular flexibility index (Phi) is 7.51. The minimum Gasteiger partial charge on any atom is -0.454 e. The molecular formula is C25H17F6NO4. The van der Waals surface area contributed by atoms with E-state index in [9.17, 15) is 40.7 Å². The number of rotatable bonds is 6. The molecule has 0 aliphatic carbocycles. The average molecular weight is 509 g/mol. The van der Waals surface area contributed by atoms with E-state index in [1.807, 2.05) is 6.92 Å². The quantitative estimate of drug-likeness (QED) is 0.240. The average Bonchev–Trinajstić information content (AvgIpc) is 2.81. The molecular weight excluding hydrogens is 492 g/mol. The summed E-state index contributed by atoms with van der Waals surface area (Å²) in [5.74, 6) is -2.73. The molecule has 0 aromatic heterocycles. The van der Waals surface area contributed by atoms with Gasteiger partial charge in [0.2, 0.25) is 0 Å². The Hall–Kier alpha value is -4.15. The number of anilines is 1. The highest BCUT2D eigenvalue weighted by Gasteiger charge is 2.39. The van der Waals surface area contributed by atoms with Crippen molar-refractivity contribution >= 4 is 23.3 Å². The van der Waals surface area contributed by atoms with Gasteiger partial charge >= 0.3 is 18.3 Å². The van der Waals surface area contributed by atoms with Gasteiger partial charge in [0.1, 0.15) is 0 Å². The maximum Gasteiger partial charge on any atom is 0.417 e. The van der Waals surface area contributed by atoms with Crippen LogP contribution in [0.2, 0.25) is 0 Å². The lowest BCUT2D eigenvalue weighted by Crippen LogP contribution is -2.20. The smallest absolute Gasteiger partial charge is 0.417 e. The topological polar surface area (TPSA) is 72.5 Å². The zero-order valence-electron chi connectivity index (χ0n) is 18.5. The van der Waals surface area contributed by atoms with Crippen LogP contribution in [0.15, 0.2) is 66.7 Å². The summed E-state index contributed by atoms with van der Waals surface area (Å²) in [6, 6.07) is 12.1. The number of alkyl halides is 6. The van der Waals surface area contributed by atoms with E-state index in [1.54, 1.807) is 24.3 Å². The molecule has 0 atom stereocenters. The van der Waals surface area contributed by atoms with E-state index in [1.165, 1.54) is 18.2 Å². The third-order valence-corrected chi connectivity index (χ3v) is 4.96. The molecule has 0 aliphatic rings. The second kappa shape index (κ2) is 10.2. The number of esters is 1. The van der Waals surface area contributed by atoms with E-state index in [0.29, 0.717) is 17.7 Å². The molecule has 0 aliphatic heterocycles. The molecule has 0 radical (unpaired) electrons. The fourth-order valence-corrected chi connectivity index (χ4v) is 3.11. The monoisotopic (exact) mass is 509 g/mol. The zero-order valence-corrected chi connectivity index (χ0v) is 18.5. The summed E-state index contributed by atoms with van der Waals surface area (Å²) in [6.45, 7) is 1.26. The first-order valence-corrected chi connectivity index (χ1v) is 10.2. The molecule has 3 rings (SSSR count). The number of ether oxygens (including phenoxy) is 1. The van der Waals surface area contributed by atoms with Gasteiger partial charge in [-0.05, 0) is 43.3 Å². The summed E-state index contributed by atoms with van der Waals surface area (Å²) in [5, 5.41) is 2.13. The van der Waals surface area contributed by atoms with Crippen LogP contribution < -0.4 is 5.32 Å². The summed E-state index contributed by atoms with van der Waals surface area (Å²) in [6.07, 6.45) is -10.3. The molecule has 0 saturated heterocycles. The minimum absolute atomic E-state index is 0.118. The number of Topliss-reactive ketones (excluding diaryl/α,β-unsaturated/α-hetero) is 1. The molecule has 3 aromatic rings. The Balaban J connectivity index is 1.74. The summed E-state index contributed by atoms with van der Waals surface area (Å²) < 4.78 is 83.5. The van der Waals surface area contributed by atoms with Crippen LogP contribution in [0.3, 0.4) is 0 Å². The fraction of sp³-hybridized carbons (Fsp3) is 0.160. The molecule has 3 aromatic carbocycles. The predicted octanol–water partition coefficient (Wildman–Crippen LogP) is 6.32. The summed E-state index contributed by atoms with van der Waals surface area (Å²) in [4.78, 5) is 36.9. The number of hydrogen-bond donors (Lipinski definition) is 1. The van der Waals surface area contributed by atoms with Crippen molar-refractivity contribution in [3.63, 3.8) is 0 Å². The SMILES string of the molecule is Cc1ccc(C(=O)COC(=O)c2cccc(NC(=O)c3ccc(C(F)(F)F)cc3C(F)(F)F)c2)cc1. The van der Waals surface area contributed by atoms with E-state index < -0.39 is 53.3 Å². The first-order valence-electron chi connectivity index (χ1n) is 10.2. The molecule has 0 heterocycles. The minimum atomic E-state index is -5.23. The van der Waals surface area contributed by atoms with Gasteiger partial charge in [-0.3, -0.25) is 9.59 Å². The molecule has 0 bridgehead atoms. The number of halogens is 6. The van der Waals surface area contributed by atoms with Crippen LogP contribution in [-0.2, 0) is 17.1 Å². The van der Waals surface area contributed by atoms with E-state index in [0.717, 1.165) is 11.6 Å². The van der Waals surface area contributed by atoms with Crippen molar-refractivity contribution in [1.82, 2.24) is 0 Å². The number of hydrogen-bond acceptors (Lipinski definition) is 4. The molecule has 0 unspecified atom stereocenters. The first kappa shape index (κ1) is 26.5. The maximum atomic E-state index is 13.3. The Labute approximate surface area is 200 Å². The predicted molar refractivity (Wildman–Crippen MR) is 117 cm³/mol. The van der Waals surface area contributed by atoms with Crippen molar-refractivity contribution in [2.24, 2.45) is 0 Å². The molecule has 188 valence electrons. The van der Waals surface area contributed by atoms with Gasteiger partial charge in [-0.2, -0.15) is 26.3 Å². The van der Waals surface area contributed by atoms with Crippen LogP contribution in [0.4, 0.5) is 32.0 Å². The Morgan fingerprint density at radius 1 is 0.806 bits per heavy atom. The normalized spacial score (nSPS) is 11.6. The number of carbonyl (C=O) groups is 3. The number of nitrogens with one attached hydrogen (secondary N) is 1. The van der Waals surface area contributed by atoms with Crippen LogP contribution >= 0.6 is 0 Å². The van der Waals surface area contributed by atoms with Crippen molar-refractivity contribution in [2.75, 3.05) is 11.9 Å². The Morgan fingerprint density at radius 3 is 2.08 bits per heavy atom.